The maximum atomic E-state index is 5.39. The van der Waals surface area contributed by atoms with Gasteiger partial charge in [0.1, 0.15) is 0 Å². The first kappa shape index (κ1) is 16.8. The Balaban J connectivity index is 1.66. The van der Waals surface area contributed by atoms with Gasteiger partial charge in [-0.25, -0.2) is 0 Å². The van der Waals surface area contributed by atoms with Crippen LogP contribution in [0.4, 0.5) is 0 Å². The highest BCUT2D eigenvalue weighted by molar-refractivity contribution is 5.42. The largest absolute Gasteiger partial charge is 0.493 e. The number of hydrogen-bond acceptors (Lipinski definition) is 3. The molecule has 0 radical (unpaired) electrons. The molecule has 1 N–H and O–H groups in total. The first-order valence-corrected chi connectivity index (χ1v) is 8.74. The number of nitrogens with one attached hydrogen (secondary N) is 1. The van der Waals surface area contributed by atoms with E-state index in [1.54, 1.807) is 14.2 Å². The second kappa shape index (κ2) is 7.71. The molecule has 0 amide bonds. The molecule has 0 spiro atoms. The summed E-state index contributed by atoms with van der Waals surface area (Å²) in [5.74, 6) is 1.56. The Morgan fingerprint density at radius 2 is 1.62 bits per heavy atom. The van der Waals surface area contributed by atoms with E-state index in [-0.39, 0.29) is 5.41 Å². The van der Waals surface area contributed by atoms with E-state index in [4.69, 9.17) is 9.47 Å². The van der Waals surface area contributed by atoms with Gasteiger partial charge in [0.2, 0.25) is 0 Å². The Morgan fingerprint density at radius 3 is 2.29 bits per heavy atom. The lowest BCUT2D eigenvalue weighted by molar-refractivity contribution is 0.354. The molecule has 0 unspecified atom stereocenters. The number of methoxy groups -OCH3 is 2. The molecule has 24 heavy (non-hydrogen) atoms. The summed E-state index contributed by atoms with van der Waals surface area (Å²) in [6.07, 6.45) is 5.20. The molecule has 3 heteroatoms. The van der Waals surface area contributed by atoms with Crippen molar-refractivity contribution < 1.29 is 9.47 Å². The molecule has 1 aliphatic carbocycles. The lowest BCUT2D eigenvalue weighted by Gasteiger charge is -2.30. The van der Waals surface area contributed by atoms with Gasteiger partial charge in [0.05, 0.1) is 14.2 Å². The molecule has 1 saturated carbocycles. The molecule has 2 aromatic carbocycles. The van der Waals surface area contributed by atoms with Crippen LogP contribution in [0.5, 0.6) is 11.5 Å². The van der Waals surface area contributed by atoms with E-state index >= 15 is 0 Å². The minimum absolute atomic E-state index is 0.290. The molecule has 0 bridgehead atoms. The van der Waals surface area contributed by atoms with Gasteiger partial charge in [-0.15, -0.1) is 0 Å². The van der Waals surface area contributed by atoms with E-state index in [1.807, 2.05) is 6.07 Å². The minimum Gasteiger partial charge on any atom is -0.493 e. The molecule has 0 atom stereocenters. The van der Waals surface area contributed by atoms with Gasteiger partial charge in [-0.3, -0.25) is 0 Å². The molecular weight excluding hydrogens is 298 g/mol. The Labute approximate surface area is 145 Å². The zero-order valence-corrected chi connectivity index (χ0v) is 14.7. The fraction of sp³-hybridized carbons (Fsp3) is 0.429. The highest BCUT2D eigenvalue weighted by Gasteiger charge is 2.34. The van der Waals surface area contributed by atoms with Crippen molar-refractivity contribution in [2.24, 2.45) is 0 Å². The van der Waals surface area contributed by atoms with E-state index in [1.165, 1.54) is 36.8 Å². The first-order valence-electron chi connectivity index (χ1n) is 8.74. The zero-order valence-electron chi connectivity index (χ0n) is 14.7. The molecule has 1 aliphatic rings. The molecule has 128 valence electrons. The average Bonchev–Trinajstić information content (AvgIpc) is 3.12. The average molecular weight is 325 g/mol. The monoisotopic (exact) mass is 325 g/mol. The summed E-state index contributed by atoms with van der Waals surface area (Å²) < 4.78 is 10.7. The highest BCUT2D eigenvalue weighted by Crippen LogP contribution is 2.40. The van der Waals surface area contributed by atoms with Crippen molar-refractivity contribution in [1.82, 2.24) is 5.32 Å². The molecule has 1 fully saturated rings. The molecule has 3 rings (SSSR count). The second-order valence-electron chi connectivity index (χ2n) is 6.65. The molecule has 2 aromatic rings. The second-order valence-corrected chi connectivity index (χ2v) is 6.65. The summed E-state index contributed by atoms with van der Waals surface area (Å²) >= 11 is 0. The Hall–Kier alpha value is -2.00. The number of benzene rings is 2. The Morgan fingerprint density at radius 1 is 0.917 bits per heavy atom. The normalized spacial score (nSPS) is 16.1. The Kier molecular flexibility index (Phi) is 5.41. The fourth-order valence-corrected chi connectivity index (χ4v) is 3.85. The third kappa shape index (κ3) is 3.57. The first-order chi connectivity index (χ1) is 11.8. The third-order valence-electron chi connectivity index (χ3n) is 5.19. The summed E-state index contributed by atoms with van der Waals surface area (Å²) in [5.41, 5.74) is 2.98. The van der Waals surface area contributed by atoms with E-state index < -0.39 is 0 Å². The van der Waals surface area contributed by atoms with E-state index in [2.05, 4.69) is 47.8 Å². The summed E-state index contributed by atoms with van der Waals surface area (Å²) in [5, 5.41) is 3.68. The quantitative estimate of drug-likeness (QED) is 0.823. The predicted molar refractivity (Wildman–Crippen MR) is 97.8 cm³/mol. The minimum atomic E-state index is 0.290. The third-order valence-corrected chi connectivity index (χ3v) is 5.19. The summed E-state index contributed by atoms with van der Waals surface area (Å²) in [4.78, 5) is 0. The van der Waals surface area contributed by atoms with Crippen LogP contribution in [0.15, 0.2) is 48.5 Å². The highest BCUT2D eigenvalue weighted by atomic mass is 16.5. The van der Waals surface area contributed by atoms with E-state index in [9.17, 15) is 0 Å². The van der Waals surface area contributed by atoms with Gasteiger partial charge in [0, 0.05) is 18.5 Å². The maximum absolute atomic E-state index is 5.39. The summed E-state index contributed by atoms with van der Waals surface area (Å²) in [7, 11) is 3.34. The van der Waals surface area contributed by atoms with E-state index in [0.717, 1.165) is 24.6 Å². The van der Waals surface area contributed by atoms with Gasteiger partial charge in [-0.2, -0.15) is 0 Å². The van der Waals surface area contributed by atoms with Crippen LogP contribution in [0, 0.1) is 0 Å². The SMILES string of the molecule is COc1ccc(CNCC2(c3ccccc3)CCCC2)cc1OC. The Bertz CT molecular complexity index is 648. The summed E-state index contributed by atoms with van der Waals surface area (Å²) in [6.45, 7) is 1.86. The molecule has 0 heterocycles. The number of ether oxygens (including phenoxy) is 2. The maximum Gasteiger partial charge on any atom is 0.161 e. The molecule has 0 aliphatic heterocycles. The molecule has 0 saturated heterocycles. The predicted octanol–water partition coefficient (Wildman–Crippen LogP) is 4.31. The van der Waals surface area contributed by atoms with Crippen LogP contribution in [-0.2, 0) is 12.0 Å². The summed E-state index contributed by atoms with van der Waals surface area (Å²) in [6, 6.07) is 17.1. The molecular formula is C21H27NO2. The van der Waals surface area contributed by atoms with Gasteiger partial charge >= 0.3 is 0 Å². The number of hydrogen-bond donors (Lipinski definition) is 1. The van der Waals surface area contributed by atoms with Crippen molar-refractivity contribution in [2.75, 3.05) is 20.8 Å². The fourth-order valence-electron chi connectivity index (χ4n) is 3.85. The van der Waals surface area contributed by atoms with Crippen molar-refractivity contribution in [2.45, 2.75) is 37.6 Å². The van der Waals surface area contributed by atoms with Crippen LogP contribution in [-0.4, -0.2) is 20.8 Å². The number of rotatable bonds is 7. The lowest BCUT2D eigenvalue weighted by atomic mass is 9.79. The van der Waals surface area contributed by atoms with Gasteiger partial charge in [-0.05, 0) is 36.1 Å². The van der Waals surface area contributed by atoms with Crippen LogP contribution < -0.4 is 14.8 Å². The van der Waals surface area contributed by atoms with Gasteiger partial charge < -0.3 is 14.8 Å². The standard InChI is InChI=1S/C21H27NO2/c1-23-19-11-10-17(14-20(19)24-2)15-22-16-21(12-6-7-13-21)18-8-4-3-5-9-18/h3-5,8-11,14,22H,6-7,12-13,15-16H2,1-2H3. The van der Waals surface area contributed by atoms with E-state index in [0.29, 0.717) is 0 Å². The van der Waals surface area contributed by atoms with Gasteiger partial charge in [0.25, 0.3) is 0 Å². The van der Waals surface area contributed by atoms with Gasteiger partial charge in [-0.1, -0.05) is 49.2 Å². The van der Waals surface area contributed by atoms with Crippen LogP contribution in [0.3, 0.4) is 0 Å². The zero-order chi connectivity index (χ0) is 16.8. The lowest BCUT2D eigenvalue weighted by Crippen LogP contribution is -2.35. The van der Waals surface area contributed by atoms with Crippen molar-refractivity contribution in [3.63, 3.8) is 0 Å². The van der Waals surface area contributed by atoms with Crippen LogP contribution in [0.1, 0.15) is 36.8 Å². The van der Waals surface area contributed by atoms with Crippen LogP contribution in [0.25, 0.3) is 0 Å². The van der Waals surface area contributed by atoms with Crippen molar-refractivity contribution >= 4 is 0 Å². The van der Waals surface area contributed by atoms with Crippen molar-refractivity contribution in [1.29, 1.82) is 0 Å². The van der Waals surface area contributed by atoms with Crippen molar-refractivity contribution in [3.05, 3.63) is 59.7 Å². The van der Waals surface area contributed by atoms with Crippen molar-refractivity contribution in [3.8, 4) is 11.5 Å². The molecule has 3 nitrogen and oxygen atoms in total. The van der Waals surface area contributed by atoms with Crippen LogP contribution in [0.2, 0.25) is 0 Å². The topological polar surface area (TPSA) is 30.5 Å². The smallest absolute Gasteiger partial charge is 0.161 e. The molecule has 0 aromatic heterocycles. The van der Waals surface area contributed by atoms with Gasteiger partial charge in [0.15, 0.2) is 11.5 Å². The van der Waals surface area contributed by atoms with Crippen LogP contribution >= 0.6 is 0 Å².